The molecule has 1 saturated heterocycles. The molecule has 0 saturated carbocycles. The van der Waals surface area contributed by atoms with Gasteiger partial charge in [0.1, 0.15) is 5.75 Å². The Morgan fingerprint density at radius 1 is 1.12 bits per heavy atom. The number of para-hydroxylation sites is 1. The molecule has 2 aromatic carbocycles. The SMILES string of the molecule is C#Cc1ccc(Cc2ccccc2OC2CC(O)CC(CO)O2)cc1. The summed E-state index contributed by atoms with van der Waals surface area (Å²) in [5.41, 5.74) is 3.01. The Kier molecular flexibility index (Phi) is 5.72. The molecule has 25 heavy (non-hydrogen) atoms. The van der Waals surface area contributed by atoms with Gasteiger partial charge < -0.3 is 19.7 Å². The lowest BCUT2D eigenvalue weighted by atomic mass is 10.0. The zero-order chi connectivity index (χ0) is 17.6. The van der Waals surface area contributed by atoms with E-state index in [0.717, 1.165) is 22.4 Å². The molecule has 3 rings (SSSR count). The molecule has 0 radical (unpaired) electrons. The van der Waals surface area contributed by atoms with Crippen LogP contribution >= 0.6 is 0 Å². The molecule has 130 valence electrons. The molecule has 1 aliphatic heterocycles. The molecule has 3 unspecified atom stereocenters. The number of ether oxygens (including phenoxy) is 2. The molecule has 4 heteroatoms. The van der Waals surface area contributed by atoms with E-state index in [0.29, 0.717) is 19.3 Å². The fourth-order valence-corrected chi connectivity index (χ4v) is 2.99. The first-order valence-electron chi connectivity index (χ1n) is 8.42. The van der Waals surface area contributed by atoms with Crippen LogP contribution in [0.1, 0.15) is 29.5 Å². The summed E-state index contributed by atoms with van der Waals surface area (Å²) in [4.78, 5) is 0. The molecular formula is C21H22O4. The Labute approximate surface area is 148 Å². The first-order chi connectivity index (χ1) is 12.2. The Morgan fingerprint density at radius 2 is 1.88 bits per heavy atom. The van der Waals surface area contributed by atoms with Crippen molar-refractivity contribution in [2.24, 2.45) is 0 Å². The van der Waals surface area contributed by atoms with Crippen molar-refractivity contribution in [2.75, 3.05) is 6.61 Å². The highest BCUT2D eigenvalue weighted by Gasteiger charge is 2.29. The fourth-order valence-electron chi connectivity index (χ4n) is 2.99. The second kappa shape index (κ2) is 8.17. The Bertz CT molecular complexity index is 732. The van der Waals surface area contributed by atoms with Crippen molar-refractivity contribution in [3.8, 4) is 18.1 Å². The Balaban J connectivity index is 1.73. The molecule has 0 aromatic heterocycles. The van der Waals surface area contributed by atoms with Gasteiger partial charge in [-0.1, -0.05) is 36.3 Å². The minimum Gasteiger partial charge on any atom is -0.465 e. The highest BCUT2D eigenvalue weighted by atomic mass is 16.7. The van der Waals surface area contributed by atoms with E-state index in [1.165, 1.54) is 0 Å². The fraction of sp³-hybridized carbons (Fsp3) is 0.333. The lowest BCUT2D eigenvalue weighted by Gasteiger charge is -2.32. The molecule has 0 spiro atoms. The number of rotatable bonds is 5. The van der Waals surface area contributed by atoms with Gasteiger partial charge in [0.15, 0.2) is 0 Å². The molecule has 3 atom stereocenters. The molecule has 1 heterocycles. The van der Waals surface area contributed by atoms with Crippen LogP contribution < -0.4 is 4.74 Å². The van der Waals surface area contributed by atoms with E-state index >= 15 is 0 Å². The van der Waals surface area contributed by atoms with Crippen LogP contribution in [-0.2, 0) is 11.2 Å². The summed E-state index contributed by atoms with van der Waals surface area (Å²) in [5, 5.41) is 19.2. The number of aliphatic hydroxyl groups excluding tert-OH is 2. The minimum absolute atomic E-state index is 0.125. The van der Waals surface area contributed by atoms with E-state index in [1.807, 2.05) is 48.5 Å². The van der Waals surface area contributed by atoms with E-state index < -0.39 is 18.5 Å². The maximum absolute atomic E-state index is 9.93. The van der Waals surface area contributed by atoms with Crippen molar-refractivity contribution in [1.82, 2.24) is 0 Å². The Hall–Kier alpha value is -2.32. The van der Waals surface area contributed by atoms with E-state index in [2.05, 4.69) is 5.92 Å². The largest absolute Gasteiger partial charge is 0.465 e. The van der Waals surface area contributed by atoms with Crippen molar-refractivity contribution < 1.29 is 19.7 Å². The standard InChI is InChI=1S/C21H22O4/c1-2-15-7-9-16(10-8-15)11-17-5-3-4-6-20(17)25-21-13-18(23)12-19(14-22)24-21/h1,3-10,18-19,21-23H,11-14H2. The highest BCUT2D eigenvalue weighted by Crippen LogP contribution is 2.27. The molecule has 0 aliphatic carbocycles. The molecule has 4 nitrogen and oxygen atoms in total. The van der Waals surface area contributed by atoms with Crippen LogP contribution in [-0.4, -0.2) is 35.3 Å². The lowest BCUT2D eigenvalue weighted by molar-refractivity contribution is -0.184. The average Bonchev–Trinajstić information content (AvgIpc) is 2.63. The van der Waals surface area contributed by atoms with Crippen LogP contribution in [0.2, 0.25) is 0 Å². The molecule has 2 N–H and O–H groups in total. The smallest absolute Gasteiger partial charge is 0.202 e. The van der Waals surface area contributed by atoms with Crippen molar-refractivity contribution in [2.45, 2.75) is 37.8 Å². The van der Waals surface area contributed by atoms with Gasteiger partial charge in [0, 0.05) is 24.8 Å². The first kappa shape index (κ1) is 17.5. The summed E-state index contributed by atoms with van der Waals surface area (Å²) in [6.45, 7) is -0.125. The number of hydrogen-bond acceptors (Lipinski definition) is 4. The van der Waals surface area contributed by atoms with Crippen LogP contribution in [0.25, 0.3) is 0 Å². The third kappa shape index (κ3) is 4.61. The molecule has 0 amide bonds. The van der Waals surface area contributed by atoms with Gasteiger partial charge in [0.05, 0.1) is 18.8 Å². The zero-order valence-electron chi connectivity index (χ0n) is 14.0. The summed E-state index contributed by atoms with van der Waals surface area (Å²) in [6, 6.07) is 15.6. The third-order valence-corrected chi connectivity index (χ3v) is 4.29. The van der Waals surface area contributed by atoms with Crippen molar-refractivity contribution in [1.29, 1.82) is 0 Å². The van der Waals surface area contributed by atoms with Gasteiger partial charge in [-0.25, -0.2) is 0 Å². The van der Waals surface area contributed by atoms with Crippen molar-refractivity contribution in [3.05, 3.63) is 65.2 Å². The van der Waals surface area contributed by atoms with Gasteiger partial charge in [-0.05, 0) is 29.3 Å². The highest BCUT2D eigenvalue weighted by molar-refractivity contribution is 5.40. The zero-order valence-corrected chi connectivity index (χ0v) is 14.0. The van der Waals surface area contributed by atoms with Crippen LogP contribution in [0.4, 0.5) is 0 Å². The van der Waals surface area contributed by atoms with E-state index in [4.69, 9.17) is 15.9 Å². The Morgan fingerprint density at radius 3 is 2.60 bits per heavy atom. The van der Waals surface area contributed by atoms with Gasteiger partial charge in [-0.3, -0.25) is 0 Å². The molecular weight excluding hydrogens is 316 g/mol. The lowest BCUT2D eigenvalue weighted by Crippen LogP contribution is -2.40. The quantitative estimate of drug-likeness (QED) is 0.823. The molecule has 2 aromatic rings. The van der Waals surface area contributed by atoms with Gasteiger partial charge in [-0.2, -0.15) is 0 Å². The van der Waals surface area contributed by atoms with Crippen molar-refractivity contribution >= 4 is 0 Å². The summed E-state index contributed by atoms with van der Waals surface area (Å²) in [6.07, 6.45) is 5.44. The maximum Gasteiger partial charge on any atom is 0.202 e. The normalized spacial score (nSPS) is 23.0. The van der Waals surface area contributed by atoms with Crippen molar-refractivity contribution in [3.63, 3.8) is 0 Å². The summed E-state index contributed by atoms with van der Waals surface area (Å²) in [5.74, 6) is 3.33. The van der Waals surface area contributed by atoms with E-state index in [1.54, 1.807) is 0 Å². The third-order valence-electron chi connectivity index (χ3n) is 4.29. The number of hydrogen-bond donors (Lipinski definition) is 2. The molecule has 0 bridgehead atoms. The first-order valence-corrected chi connectivity index (χ1v) is 8.42. The van der Waals surface area contributed by atoms with Crippen LogP contribution in [0.5, 0.6) is 5.75 Å². The maximum atomic E-state index is 9.93. The predicted molar refractivity (Wildman–Crippen MR) is 95.2 cm³/mol. The molecule has 1 aliphatic rings. The molecule has 1 fully saturated rings. The minimum atomic E-state index is -0.564. The van der Waals surface area contributed by atoms with Crippen LogP contribution in [0.3, 0.4) is 0 Å². The van der Waals surface area contributed by atoms with Gasteiger partial charge in [-0.15, -0.1) is 6.42 Å². The second-order valence-corrected chi connectivity index (χ2v) is 6.24. The average molecular weight is 338 g/mol. The summed E-state index contributed by atoms with van der Waals surface area (Å²) >= 11 is 0. The topological polar surface area (TPSA) is 58.9 Å². The predicted octanol–water partition coefficient (Wildman–Crippen LogP) is 2.50. The van der Waals surface area contributed by atoms with Crippen LogP contribution in [0.15, 0.2) is 48.5 Å². The van der Waals surface area contributed by atoms with E-state index in [-0.39, 0.29) is 6.61 Å². The number of aliphatic hydroxyl groups is 2. The summed E-state index contributed by atoms with van der Waals surface area (Å²) in [7, 11) is 0. The van der Waals surface area contributed by atoms with E-state index in [9.17, 15) is 10.2 Å². The van der Waals surface area contributed by atoms with Gasteiger partial charge >= 0.3 is 0 Å². The number of benzene rings is 2. The monoisotopic (exact) mass is 338 g/mol. The second-order valence-electron chi connectivity index (χ2n) is 6.24. The van der Waals surface area contributed by atoms with Gasteiger partial charge in [0.2, 0.25) is 6.29 Å². The summed E-state index contributed by atoms with van der Waals surface area (Å²) < 4.78 is 11.7. The van der Waals surface area contributed by atoms with Gasteiger partial charge in [0.25, 0.3) is 0 Å². The number of terminal acetylenes is 1. The van der Waals surface area contributed by atoms with Crippen LogP contribution in [0, 0.1) is 12.3 Å².